The molecule has 5 nitrogen and oxygen atoms in total. The molecule has 0 fully saturated rings. The second-order valence-corrected chi connectivity index (χ2v) is 5.91. The van der Waals surface area contributed by atoms with Crippen molar-refractivity contribution in [1.82, 2.24) is 10.3 Å². The maximum absolute atomic E-state index is 12.5. The summed E-state index contributed by atoms with van der Waals surface area (Å²) in [4.78, 5) is 16.4. The first-order chi connectivity index (χ1) is 13.3. The number of nitrogens with zero attached hydrogens (tertiary/aromatic N) is 1. The lowest BCUT2D eigenvalue weighted by atomic mass is 10.1. The van der Waals surface area contributed by atoms with Crippen LogP contribution < -0.4 is 14.8 Å². The molecular formula is C22H22N2O3. The van der Waals surface area contributed by atoms with Crippen LogP contribution in [0.3, 0.4) is 0 Å². The van der Waals surface area contributed by atoms with Crippen molar-refractivity contribution >= 4 is 5.91 Å². The molecule has 1 aromatic heterocycles. The highest BCUT2D eigenvalue weighted by molar-refractivity contribution is 5.94. The number of pyridine rings is 1. The van der Waals surface area contributed by atoms with Crippen molar-refractivity contribution < 1.29 is 14.3 Å². The second-order valence-electron chi connectivity index (χ2n) is 5.91. The molecule has 1 N–H and O–H groups in total. The summed E-state index contributed by atoms with van der Waals surface area (Å²) in [5, 5.41) is 2.92. The van der Waals surface area contributed by atoms with Crippen molar-refractivity contribution in [3.05, 3.63) is 89.7 Å². The summed E-state index contributed by atoms with van der Waals surface area (Å²) >= 11 is 0. The van der Waals surface area contributed by atoms with Crippen molar-refractivity contribution in [2.24, 2.45) is 0 Å². The Kier molecular flexibility index (Phi) is 6.41. The quantitative estimate of drug-likeness (QED) is 0.658. The van der Waals surface area contributed by atoms with Gasteiger partial charge >= 0.3 is 0 Å². The van der Waals surface area contributed by atoms with Gasteiger partial charge < -0.3 is 14.8 Å². The number of nitrogens with one attached hydrogen (secondary N) is 1. The Morgan fingerprint density at radius 2 is 1.70 bits per heavy atom. The topological polar surface area (TPSA) is 60.5 Å². The zero-order valence-electron chi connectivity index (χ0n) is 15.2. The summed E-state index contributed by atoms with van der Waals surface area (Å²) in [5.41, 5.74) is 2.59. The molecule has 1 amide bonds. The molecule has 0 unspecified atom stereocenters. The number of benzene rings is 2. The van der Waals surface area contributed by atoms with Gasteiger partial charge in [0.2, 0.25) is 0 Å². The SMILES string of the molecule is CCOc1cc(C(=O)NCc2ccccc2)ccc1OCc1ccncc1. The van der Waals surface area contributed by atoms with Gasteiger partial charge in [-0.2, -0.15) is 0 Å². The maximum Gasteiger partial charge on any atom is 0.251 e. The Labute approximate surface area is 159 Å². The second kappa shape index (κ2) is 9.38. The summed E-state index contributed by atoms with van der Waals surface area (Å²) in [5.74, 6) is 1.01. The molecule has 0 aliphatic rings. The predicted molar refractivity (Wildman–Crippen MR) is 104 cm³/mol. The number of hydrogen-bond donors (Lipinski definition) is 1. The summed E-state index contributed by atoms with van der Waals surface area (Å²) in [7, 11) is 0. The average molecular weight is 362 g/mol. The number of amides is 1. The van der Waals surface area contributed by atoms with Crippen molar-refractivity contribution in [3.8, 4) is 11.5 Å². The van der Waals surface area contributed by atoms with Gasteiger partial charge in [-0.05, 0) is 48.4 Å². The molecule has 3 aromatic rings. The van der Waals surface area contributed by atoms with Gasteiger partial charge in [-0.1, -0.05) is 30.3 Å². The van der Waals surface area contributed by atoms with Crippen LogP contribution in [-0.4, -0.2) is 17.5 Å². The molecule has 2 aromatic carbocycles. The Morgan fingerprint density at radius 1 is 0.926 bits per heavy atom. The molecule has 0 saturated heterocycles. The molecule has 27 heavy (non-hydrogen) atoms. The van der Waals surface area contributed by atoms with Crippen molar-refractivity contribution in [1.29, 1.82) is 0 Å². The standard InChI is InChI=1S/C22H22N2O3/c1-2-26-21-14-19(22(25)24-15-17-6-4-3-5-7-17)8-9-20(21)27-16-18-10-12-23-13-11-18/h3-14H,2,15-16H2,1H3,(H,24,25). The summed E-state index contributed by atoms with van der Waals surface area (Å²) in [6, 6.07) is 18.8. The van der Waals surface area contributed by atoms with E-state index in [9.17, 15) is 4.79 Å². The summed E-state index contributed by atoms with van der Waals surface area (Å²) < 4.78 is 11.5. The third-order valence-corrected chi connectivity index (χ3v) is 3.95. The van der Waals surface area contributed by atoms with Crippen LogP contribution in [0.5, 0.6) is 11.5 Å². The van der Waals surface area contributed by atoms with E-state index in [0.717, 1.165) is 11.1 Å². The summed E-state index contributed by atoms with van der Waals surface area (Å²) in [6.07, 6.45) is 3.45. The minimum absolute atomic E-state index is 0.152. The predicted octanol–water partition coefficient (Wildman–Crippen LogP) is 3.99. The van der Waals surface area contributed by atoms with Crippen LogP contribution in [0.25, 0.3) is 0 Å². The Balaban J connectivity index is 1.67. The molecule has 0 atom stereocenters. The van der Waals surface area contributed by atoms with Gasteiger partial charge in [-0.15, -0.1) is 0 Å². The number of hydrogen-bond acceptors (Lipinski definition) is 4. The van der Waals surface area contributed by atoms with Gasteiger partial charge in [0.15, 0.2) is 11.5 Å². The Bertz CT molecular complexity index is 867. The van der Waals surface area contributed by atoms with Crippen LogP contribution in [0.15, 0.2) is 73.1 Å². The normalized spacial score (nSPS) is 10.3. The maximum atomic E-state index is 12.5. The first-order valence-corrected chi connectivity index (χ1v) is 8.87. The van der Waals surface area contributed by atoms with Crippen molar-refractivity contribution in [2.45, 2.75) is 20.1 Å². The lowest BCUT2D eigenvalue weighted by Gasteiger charge is -2.13. The van der Waals surface area contributed by atoms with Gasteiger partial charge in [0, 0.05) is 24.5 Å². The Morgan fingerprint density at radius 3 is 2.44 bits per heavy atom. The minimum atomic E-state index is -0.152. The highest BCUT2D eigenvalue weighted by atomic mass is 16.5. The molecule has 0 aliphatic heterocycles. The van der Waals surface area contributed by atoms with Crippen molar-refractivity contribution in [3.63, 3.8) is 0 Å². The lowest BCUT2D eigenvalue weighted by Crippen LogP contribution is -2.22. The highest BCUT2D eigenvalue weighted by Gasteiger charge is 2.12. The smallest absolute Gasteiger partial charge is 0.251 e. The van der Waals surface area contributed by atoms with Crippen LogP contribution in [0.2, 0.25) is 0 Å². The van der Waals surface area contributed by atoms with E-state index in [2.05, 4.69) is 10.3 Å². The van der Waals surface area contributed by atoms with Gasteiger partial charge in [0.1, 0.15) is 6.61 Å². The fourth-order valence-corrected chi connectivity index (χ4v) is 2.56. The van der Waals surface area contributed by atoms with Gasteiger partial charge in [0.25, 0.3) is 5.91 Å². The van der Waals surface area contributed by atoms with E-state index < -0.39 is 0 Å². The number of aromatic nitrogens is 1. The van der Waals surface area contributed by atoms with Crippen LogP contribution in [-0.2, 0) is 13.2 Å². The van der Waals surface area contributed by atoms with Crippen LogP contribution >= 0.6 is 0 Å². The monoisotopic (exact) mass is 362 g/mol. The fourth-order valence-electron chi connectivity index (χ4n) is 2.56. The molecule has 3 rings (SSSR count). The first-order valence-electron chi connectivity index (χ1n) is 8.87. The number of rotatable bonds is 8. The lowest BCUT2D eigenvalue weighted by molar-refractivity contribution is 0.0950. The van der Waals surface area contributed by atoms with Crippen LogP contribution in [0.4, 0.5) is 0 Å². The molecule has 0 saturated carbocycles. The molecule has 0 spiro atoms. The molecule has 0 aliphatic carbocycles. The third kappa shape index (κ3) is 5.31. The van der Waals surface area contributed by atoms with Crippen LogP contribution in [0, 0.1) is 0 Å². The largest absolute Gasteiger partial charge is 0.490 e. The van der Waals surface area contributed by atoms with E-state index in [1.54, 1.807) is 30.6 Å². The van der Waals surface area contributed by atoms with E-state index in [4.69, 9.17) is 9.47 Å². The Hall–Kier alpha value is -3.34. The molecule has 5 heteroatoms. The molecular weight excluding hydrogens is 340 g/mol. The molecule has 1 heterocycles. The average Bonchev–Trinajstić information content (AvgIpc) is 2.73. The molecule has 0 radical (unpaired) electrons. The van der Waals surface area contributed by atoms with E-state index >= 15 is 0 Å². The highest BCUT2D eigenvalue weighted by Crippen LogP contribution is 2.29. The van der Waals surface area contributed by atoms with E-state index in [-0.39, 0.29) is 5.91 Å². The first kappa shape index (κ1) is 18.5. The fraction of sp³-hybridized carbons (Fsp3) is 0.182. The number of carbonyl (C=O) groups is 1. The third-order valence-electron chi connectivity index (χ3n) is 3.95. The van der Waals surface area contributed by atoms with E-state index in [1.165, 1.54) is 0 Å². The van der Waals surface area contributed by atoms with Crippen molar-refractivity contribution in [2.75, 3.05) is 6.61 Å². The molecule has 0 bridgehead atoms. The molecule has 138 valence electrons. The number of ether oxygens (including phenoxy) is 2. The minimum Gasteiger partial charge on any atom is -0.490 e. The van der Waals surface area contributed by atoms with E-state index in [1.807, 2.05) is 49.4 Å². The van der Waals surface area contributed by atoms with Gasteiger partial charge in [0.05, 0.1) is 6.61 Å². The number of carbonyl (C=O) groups excluding carboxylic acids is 1. The zero-order chi connectivity index (χ0) is 18.9. The van der Waals surface area contributed by atoms with Gasteiger partial charge in [-0.25, -0.2) is 0 Å². The zero-order valence-corrected chi connectivity index (χ0v) is 15.2. The summed E-state index contributed by atoms with van der Waals surface area (Å²) in [6.45, 7) is 3.27. The van der Waals surface area contributed by atoms with Crippen LogP contribution in [0.1, 0.15) is 28.4 Å². The van der Waals surface area contributed by atoms with Gasteiger partial charge in [-0.3, -0.25) is 9.78 Å². The van der Waals surface area contributed by atoms with E-state index in [0.29, 0.717) is 36.8 Å².